The molecule has 1 aliphatic heterocycles. The van der Waals surface area contributed by atoms with Crippen LogP contribution in [0.3, 0.4) is 0 Å². The summed E-state index contributed by atoms with van der Waals surface area (Å²) in [4.78, 5) is 20.5. The smallest absolute Gasteiger partial charge is 0.363 e. The summed E-state index contributed by atoms with van der Waals surface area (Å²) < 4.78 is 16.3. The summed E-state index contributed by atoms with van der Waals surface area (Å²) in [5.41, 5.74) is 1.32. The van der Waals surface area contributed by atoms with Gasteiger partial charge in [-0.3, -0.25) is 4.98 Å². The minimum absolute atomic E-state index is 0.125. The standard InChI is InChI=1S/C20H19ClN2O4/c1-3-4-9-26-17-6-5-13(11-18(17)25-2)10-16-20(24)27-19(23-16)15-12-14(21)7-8-22-15/h5-8,10-12H,3-4,9H2,1-2H3/b16-10-. The van der Waals surface area contributed by atoms with Crippen molar-refractivity contribution in [3.63, 3.8) is 0 Å². The molecule has 0 atom stereocenters. The van der Waals surface area contributed by atoms with Crippen LogP contribution in [0.1, 0.15) is 31.0 Å². The fraction of sp³-hybridized carbons (Fsp3) is 0.250. The number of unbranched alkanes of at least 4 members (excludes halogenated alkanes) is 1. The van der Waals surface area contributed by atoms with Crippen LogP contribution in [0.15, 0.2) is 47.2 Å². The normalized spacial score (nSPS) is 14.9. The van der Waals surface area contributed by atoms with Crippen LogP contribution in [-0.4, -0.2) is 30.6 Å². The molecule has 2 heterocycles. The van der Waals surface area contributed by atoms with Crippen molar-refractivity contribution in [3.05, 3.63) is 58.5 Å². The fourth-order valence-corrected chi connectivity index (χ4v) is 2.58. The predicted octanol–water partition coefficient (Wildman–Crippen LogP) is 4.27. The van der Waals surface area contributed by atoms with E-state index in [9.17, 15) is 4.79 Å². The van der Waals surface area contributed by atoms with Crippen LogP contribution in [0, 0.1) is 0 Å². The van der Waals surface area contributed by atoms with E-state index >= 15 is 0 Å². The number of pyridine rings is 1. The summed E-state index contributed by atoms with van der Waals surface area (Å²) in [6, 6.07) is 8.64. The molecule has 0 amide bonds. The van der Waals surface area contributed by atoms with Gasteiger partial charge in [0.15, 0.2) is 17.2 Å². The van der Waals surface area contributed by atoms with Crippen molar-refractivity contribution in [1.29, 1.82) is 0 Å². The molecule has 1 aromatic carbocycles. The molecular weight excluding hydrogens is 368 g/mol. The van der Waals surface area contributed by atoms with Gasteiger partial charge in [0.05, 0.1) is 13.7 Å². The second kappa shape index (κ2) is 8.68. The molecule has 0 saturated carbocycles. The van der Waals surface area contributed by atoms with Gasteiger partial charge in [0.2, 0.25) is 5.90 Å². The highest BCUT2D eigenvalue weighted by Gasteiger charge is 2.25. The third-order valence-electron chi connectivity index (χ3n) is 3.81. The van der Waals surface area contributed by atoms with Gasteiger partial charge in [0.1, 0.15) is 5.69 Å². The molecule has 0 spiro atoms. The largest absolute Gasteiger partial charge is 0.493 e. The quantitative estimate of drug-likeness (QED) is 0.404. The van der Waals surface area contributed by atoms with Crippen LogP contribution in [0.5, 0.6) is 11.5 Å². The number of methoxy groups -OCH3 is 1. The summed E-state index contributed by atoms with van der Waals surface area (Å²) in [6.45, 7) is 2.73. The van der Waals surface area contributed by atoms with Gasteiger partial charge in [-0.05, 0) is 42.3 Å². The number of hydrogen-bond donors (Lipinski definition) is 0. The molecule has 0 saturated heterocycles. The number of hydrogen-bond acceptors (Lipinski definition) is 6. The molecule has 1 aliphatic rings. The molecule has 0 bridgehead atoms. The maximum Gasteiger partial charge on any atom is 0.363 e. The Balaban J connectivity index is 1.84. The zero-order valence-corrected chi connectivity index (χ0v) is 15.8. The van der Waals surface area contributed by atoms with Crippen LogP contribution in [0.4, 0.5) is 0 Å². The highest BCUT2D eigenvalue weighted by Crippen LogP contribution is 2.30. The lowest BCUT2D eigenvalue weighted by Gasteiger charge is -2.10. The van der Waals surface area contributed by atoms with Gasteiger partial charge in [0, 0.05) is 11.2 Å². The van der Waals surface area contributed by atoms with Crippen LogP contribution >= 0.6 is 11.6 Å². The number of aliphatic imine (C=N–C) groups is 1. The Labute approximate surface area is 162 Å². The Kier molecular flexibility index (Phi) is 6.08. The van der Waals surface area contributed by atoms with Crippen molar-refractivity contribution < 1.29 is 19.0 Å². The second-order valence-electron chi connectivity index (χ2n) is 5.81. The van der Waals surface area contributed by atoms with E-state index in [1.807, 2.05) is 12.1 Å². The Hall–Kier alpha value is -2.86. The molecule has 0 N–H and O–H groups in total. The lowest BCUT2D eigenvalue weighted by molar-refractivity contribution is -0.129. The third kappa shape index (κ3) is 4.65. The van der Waals surface area contributed by atoms with Gasteiger partial charge in [-0.15, -0.1) is 0 Å². The van der Waals surface area contributed by atoms with E-state index in [0.29, 0.717) is 28.8 Å². The molecular formula is C20H19ClN2O4. The minimum Gasteiger partial charge on any atom is -0.493 e. The second-order valence-corrected chi connectivity index (χ2v) is 6.24. The molecule has 0 radical (unpaired) electrons. The number of rotatable bonds is 7. The zero-order valence-electron chi connectivity index (χ0n) is 15.1. The molecule has 1 aromatic heterocycles. The zero-order chi connectivity index (χ0) is 19.2. The van der Waals surface area contributed by atoms with E-state index in [2.05, 4.69) is 16.9 Å². The van der Waals surface area contributed by atoms with Crippen molar-refractivity contribution in [2.24, 2.45) is 4.99 Å². The van der Waals surface area contributed by atoms with E-state index in [4.69, 9.17) is 25.8 Å². The number of nitrogens with zero attached hydrogens (tertiary/aromatic N) is 2. The van der Waals surface area contributed by atoms with Crippen molar-refractivity contribution in [1.82, 2.24) is 4.98 Å². The van der Waals surface area contributed by atoms with Gasteiger partial charge in [-0.25, -0.2) is 9.79 Å². The van der Waals surface area contributed by atoms with Crippen molar-refractivity contribution in [3.8, 4) is 11.5 Å². The van der Waals surface area contributed by atoms with Crippen LogP contribution < -0.4 is 9.47 Å². The van der Waals surface area contributed by atoms with Crippen LogP contribution in [-0.2, 0) is 9.53 Å². The number of halogens is 1. The summed E-state index contributed by atoms with van der Waals surface area (Å²) >= 11 is 5.94. The molecule has 0 aliphatic carbocycles. The van der Waals surface area contributed by atoms with E-state index in [1.54, 1.807) is 31.4 Å². The fourth-order valence-electron chi connectivity index (χ4n) is 2.42. The lowest BCUT2D eigenvalue weighted by Crippen LogP contribution is -2.07. The summed E-state index contributed by atoms with van der Waals surface area (Å²) in [7, 11) is 1.57. The molecule has 3 rings (SSSR count). The summed E-state index contributed by atoms with van der Waals surface area (Å²) in [6.07, 6.45) is 5.17. The molecule has 7 heteroatoms. The van der Waals surface area contributed by atoms with Gasteiger partial charge in [-0.1, -0.05) is 31.0 Å². The molecule has 6 nitrogen and oxygen atoms in total. The highest BCUT2D eigenvalue weighted by molar-refractivity contribution is 6.31. The van der Waals surface area contributed by atoms with Crippen molar-refractivity contribution >= 4 is 29.5 Å². The maximum absolute atomic E-state index is 12.1. The van der Waals surface area contributed by atoms with Crippen molar-refractivity contribution in [2.45, 2.75) is 19.8 Å². The Bertz CT molecular complexity index is 909. The highest BCUT2D eigenvalue weighted by atomic mass is 35.5. The molecule has 0 fully saturated rings. The first-order chi connectivity index (χ1) is 13.1. The molecule has 140 valence electrons. The van der Waals surface area contributed by atoms with Crippen molar-refractivity contribution in [2.75, 3.05) is 13.7 Å². The Morgan fingerprint density at radius 3 is 2.81 bits per heavy atom. The summed E-state index contributed by atoms with van der Waals surface area (Å²) in [5.74, 6) is 0.830. The Morgan fingerprint density at radius 1 is 1.22 bits per heavy atom. The number of carbonyl (C=O) groups is 1. The average molecular weight is 387 g/mol. The number of ether oxygens (including phenoxy) is 3. The predicted molar refractivity (Wildman–Crippen MR) is 103 cm³/mol. The number of cyclic esters (lactones) is 1. The van der Waals surface area contributed by atoms with Gasteiger partial charge >= 0.3 is 5.97 Å². The maximum atomic E-state index is 12.1. The summed E-state index contributed by atoms with van der Waals surface area (Å²) in [5, 5.41) is 0.486. The van der Waals surface area contributed by atoms with Gasteiger partial charge in [-0.2, -0.15) is 0 Å². The van der Waals surface area contributed by atoms with E-state index in [-0.39, 0.29) is 11.6 Å². The number of esters is 1. The first kappa shape index (κ1) is 18.9. The number of aromatic nitrogens is 1. The lowest BCUT2D eigenvalue weighted by atomic mass is 10.1. The van der Waals surface area contributed by atoms with E-state index < -0.39 is 5.97 Å². The minimum atomic E-state index is -0.547. The van der Waals surface area contributed by atoms with Crippen LogP contribution in [0.25, 0.3) is 6.08 Å². The Morgan fingerprint density at radius 2 is 2.07 bits per heavy atom. The van der Waals surface area contributed by atoms with Gasteiger partial charge < -0.3 is 14.2 Å². The third-order valence-corrected chi connectivity index (χ3v) is 4.04. The monoisotopic (exact) mass is 386 g/mol. The topological polar surface area (TPSA) is 70.0 Å². The van der Waals surface area contributed by atoms with E-state index in [0.717, 1.165) is 18.4 Å². The number of benzene rings is 1. The van der Waals surface area contributed by atoms with Gasteiger partial charge in [0.25, 0.3) is 0 Å². The first-order valence-electron chi connectivity index (χ1n) is 8.56. The van der Waals surface area contributed by atoms with E-state index in [1.165, 1.54) is 6.20 Å². The molecule has 2 aromatic rings. The SMILES string of the molecule is CCCCOc1ccc(/C=C2\N=C(c3cc(Cl)ccn3)OC2=O)cc1OC. The molecule has 27 heavy (non-hydrogen) atoms. The average Bonchev–Trinajstić information content (AvgIpc) is 3.03. The molecule has 0 unspecified atom stereocenters. The first-order valence-corrected chi connectivity index (χ1v) is 8.94. The number of carbonyl (C=O) groups excluding carboxylic acids is 1. The van der Waals surface area contributed by atoms with Crippen LogP contribution in [0.2, 0.25) is 5.02 Å².